The molecule has 0 aliphatic heterocycles. The third-order valence-corrected chi connectivity index (χ3v) is 6.99. The predicted octanol–water partition coefficient (Wildman–Crippen LogP) is 4.24. The fraction of sp³-hybridized carbons (Fsp3) is 0.364. The Kier molecular flexibility index (Phi) is 6.84. The van der Waals surface area contributed by atoms with Gasteiger partial charge in [-0.05, 0) is 24.5 Å². The lowest BCUT2D eigenvalue weighted by atomic mass is 10.1. The Bertz CT molecular complexity index is 1230. The fourth-order valence-corrected chi connectivity index (χ4v) is 5.49. The minimum Gasteiger partial charge on any atom is -0.383 e. The minimum absolute atomic E-state index is 0.0129. The van der Waals surface area contributed by atoms with Gasteiger partial charge in [-0.1, -0.05) is 54.2 Å². The third-order valence-electron chi connectivity index (χ3n) is 4.99. The van der Waals surface area contributed by atoms with Crippen molar-refractivity contribution in [1.29, 1.82) is 0 Å². The van der Waals surface area contributed by atoms with Crippen LogP contribution in [0.15, 0.2) is 44.8 Å². The molecule has 0 saturated carbocycles. The number of nitrogens with zero attached hydrogens (tertiary/aromatic N) is 4. The first kappa shape index (κ1) is 21.7. The van der Waals surface area contributed by atoms with Gasteiger partial charge in [0.05, 0.1) is 24.3 Å². The summed E-state index contributed by atoms with van der Waals surface area (Å²) in [5.74, 6) is 1.60. The lowest BCUT2D eigenvalue weighted by molar-refractivity contribution is 0.183. The van der Waals surface area contributed by atoms with Gasteiger partial charge in [0.25, 0.3) is 5.56 Å². The van der Waals surface area contributed by atoms with Gasteiger partial charge >= 0.3 is 0 Å². The zero-order chi connectivity index (χ0) is 21.8. The van der Waals surface area contributed by atoms with Crippen LogP contribution in [0, 0.1) is 6.92 Å². The number of thioether (sulfide) groups is 1. The molecular formula is C22H24N4O3S2. The van der Waals surface area contributed by atoms with Crippen LogP contribution in [0.2, 0.25) is 0 Å². The van der Waals surface area contributed by atoms with Crippen molar-refractivity contribution >= 4 is 33.3 Å². The van der Waals surface area contributed by atoms with Crippen LogP contribution in [0.25, 0.3) is 10.2 Å². The van der Waals surface area contributed by atoms with E-state index < -0.39 is 0 Å². The first-order chi connectivity index (χ1) is 15.1. The normalized spacial score (nSPS) is 11.5. The Morgan fingerprint density at radius 1 is 1.23 bits per heavy atom. The summed E-state index contributed by atoms with van der Waals surface area (Å²) in [5.41, 5.74) is 2.20. The molecule has 4 aromatic rings. The van der Waals surface area contributed by atoms with Gasteiger partial charge in [-0.15, -0.1) is 11.3 Å². The van der Waals surface area contributed by atoms with Crippen molar-refractivity contribution in [2.24, 2.45) is 0 Å². The molecule has 0 aliphatic carbocycles. The molecule has 9 heteroatoms. The standard InChI is InChI=1S/C22H24N4O3S2/c1-4-16-14(2)31-20-19(16)21(27)26(10-11-28-3)22(24-20)30-13-18-23-17(25-29-18)12-15-8-6-5-7-9-15/h5-9H,4,10-13H2,1-3H3. The second-order valence-electron chi connectivity index (χ2n) is 7.07. The predicted molar refractivity (Wildman–Crippen MR) is 123 cm³/mol. The van der Waals surface area contributed by atoms with E-state index in [9.17, 15) is 4.79 Å². The Hall–Kier alpha value is -2.49. The van der Waals surface area contributed by atoms with E-state index in [1.54, 1.807) is 23.0 Å². The lowest BCUT2D eigenvalue weighted by Gasteiger charge is -2.11. The van der Waals surface area contributed by atoms with Crippen molar-refractivity contribution < 1.29 is 9.26 Å². The molecule has 4 rings (SSSR count). The van der Waals surface area contributed by atoms with Gasteiger partial charge in [-0.25, -0.2) is 4.98 Å². The van der Waals surface area contributed by atoms with E-state index in [1.165, 1.54) is 11.8 Å². The van der Waals surface area contributed by atoms with Crippen LogP contribution in [0.1, 0.15) is 34.6 Å². The molecule has 0 bridgehead atoms. The Morgan fingerprint density at radius 2 is 2.03 bits per heavy atom. The van der Waals surface area contributed by atoms with Crippen molar-refractivity contribution in [3.8, 4) is 0 Å². The molecule has 0 N–H and O–H groups in total. The maximum absolute atomic E-state index is 13.3. The first-order valence-corrected chi connectivity index (χ1v) is 11.9. The smallest absolute Gasteiger partial charge is 0.263 e. The molecule has 0 unspecified atom stereocenters. The number of hydrogen-bond donors (Lipinski definition) is 0. The Balaban J connectivity index is 1.58. The highest BCUT2D eigenvalue weighted by molar-refractivity contribution is 7.98. The number of ether oxygens (including phenoxy) is 1. The van der Waals surface area contributed by atoms with E-state index >= 15 is 0 Å². The highest BCUT2D eigenvalue weighted by Gasteiger charge is 2.19. The lowest BCUT2D eigenvalue weighted by Crippen LogP contribution is -2.25. The third kappa shape index (κ3) is 4.73. The van der Waals surface area contributed by atoms with E-state index in [2.05, 4.69) is 17.1 Å². The van der Waals surface area contributed by atoms with Crippen LogP contribution >= 0.6 is 23.1 Å². The molecule has 0 radical (unpaired) electrons. The van der Waals surface area contributed by atoms with Gasteiger partial charge in [0, 0.05) is 18.4 Å². The van der Waals surface area contributed by atoms with Crippen LogP contribution < -0.4 is 5.56 Å². The van der Waals surface area contributed by atoms with Crippen molar-refractivity contribution in [3.63, 3.8) is 0 Å². The molecule has 162 valence electrons. The summed E-state index contributed by atoms with van der Waals surface area (Å²) in [6, 6.07) is 10.0. The average molecular weight is 457 g/mol. The van der Waals surface area contributed by atoms with Crippen LogP contribution in [0.5, 0.6) is 0 Å². The van der Waals surface area contributed by atoms with Crippen LogP contribution in [0.4, 0.5) is 0 Å². The molecule has 0 atom stereocenters. The molecule has 0 fully saturated rings. The quantitative estimate of drug-likeness (QED) is 0.275. The van der Waals surface area contributed by atoms with Gasteiger partial charge in [-0.3, -0.25) is 9.36 Å². The summed E-state index contributed by atoms with van der Waals surface area (Å²) in [6.07, 6.45) is 1.43. The van der Waals surface area contributed by atoms with Crippen molar-refractivity contribution in [2.45, 2.75) is 44.1 Å². The highest BCUT2D eigenvalue weighted by atomic mass is 32.2. The van der Waals surface area contributed by atoms with Crippen LogP contribution in [-0.2, 0) is 29.9 Å². The molecule has 31 heavy (non-hydrogen) atoms. The molecular weight excluding hydrogens is 432 g/mol. The number of aryl methyl sites for hydroxylation is 2. The topological polar surface area (TPSA) is 83.0 Å². The van der Waals surface area contributed by atoms with Crippen LogP contribution in [0.3, 0.4) is 0 Å². The SMILES string of the molecule is CCc1c(C)sc2nc(SCc3nc(Cc4ccccc4)no3)n(CCOC)c(=O)c12. The molecule has 0 aliphatic rings. The monoisotopic (exact) mass is 456 g/mol. The average Bonchev–Trinajstić information content (AvgIpc) is 3.35. The van der Waals surface area contributed by atoms with Crippen molar-refractivity contribution in [1.82, 2.24) is 19.7 Å². The van der Waals surface area contributed by atoms with Gasteiger partial charge in [0.2, 0.25) is 5.89 Å². The number of hydrogen-bond acceptors (Lipinski definition) is 8. The number of aromatic nitrogens is 4. The molecule has 0 saturated heterocycles. The largest absolute Gasteiger partial charge is 0.383 e. The number of thiophene rings is 1. The summed E-state index contributed by atoms with van der Waals surface area (Å²) in [6.45, 7) is 5.00. The number of rotatable bonds is 9. The van der Waals surface area contributed by atoms with Gasteiger partial charge in [-0.2, -0.15) is 4.98 Å². The van der Waals surface area contributed by atoms with E-state index in [0.29, 0.717) is 42.2 Å². The van der Waals surface area contributed by atoms with Gasteiger partial charge < -0.3 is 9.26 Å². The number of methoxy groups -OCH3 is 1. The maximum atomic E-state index is 13.3. The fourth-order valence-electron chi connectivity index (χ4n) is 3.47. The van der Waals surface area contributed by atoms with Crippen LogP contribution in [-0.4, -0.2) is 33.4 Å². The van der Waals surface area contributed by atoms with Crippen molar-refractivity contribution in [3.05, 3.63) is 68.4 Å². The molecule has 7 nitrogen and oxygen atoms in total. The maximum Gasteiger partial charge on any atom is 0.263 e. The molecule has 1 aromatic carbocycles. The van der Waals surface area contributed by atoms with E-state index in [1.807, 2.05) is 37.3 Å². The zero-order valence-electron chi connectivity index (χ0n) is 17.8. The van der Waals surface area contributed by atoms with Gasteiger partial charge in [0.1, 0.15) is 4.83 Å². The highest BCUT2D eigenvalue weighted by Crippen LogP contribution is 2.30. The molecule has 0 amide bonds. The van der Waals surface area contributed by atoms with Gasteiger partial charge in [0.15, 0.2) is 11.0 Å². The minimum atomic E-state index is -0.0129. The summed E-state index contributed by atoms with van der Waals surface area (Å²) in [4.78, 5) is 24.5. The summed E-state index contributed by atoms with van der Waals surface area (Å²) >= 11 is 3.00. The number of benzene rings is 1. The summed E-state index contributed by atoms with van der Waals surface area (Å²) in [5, 5.41) is 5.45. The molecule has 3 heterocycles. The van der Waals surface area contributed by atoms with E-state index in [0.717, 1.165) is 32.6 Å². The summed E-state index contributed by atoms with van der Waals surface area (Å²) < 4.78 is 12.3. The first-order valence-electron chi connectivity index (χ1n) is 10.1. The molecule has 3 aromatic heterocycles. The molecule has 0 spiro atoms. The van der Waals surface area contributed by atoms with E-state index in [4.69, 9.17) is 14.2 Å². The van der Waals surface area contributed by atoms with E-state index in [-0.39, 0.29) is 5.56 Å². The zero-order valence-corrected chi connectivity index (χ0v) is 19.4. The van der Waals surface area contributed by atoms with Crippen molar-refractivity contribution in [2.75, 3.05) is 13.7 Å². The number of fused-ring (bicyclic) bond motifs is 1. The Labute approximate surface area is 188 Å². The second-order valence-corrected chi connectivity index (χ2v) is 9.22. The summed E-state index contributed by atoms with van der Waals surface area (Å²) in [7, 11) is 1.63. The Morgan fingerprint density at radius 3 is 2.77 bits per heavy atom. The second kappa shape index (κ2) is 9.76.